The summed E-state index contributed by atoms with van der Waals surface area (Å²) in [5.41, 5.74) is 0. The summed E-state index contributed by atoms with van der Waals surface area (Å²) in [4.78, 5) is 6.74. The van der Waals surface area contributed by atoms with Crippen molar-refractivity contribution in [1.82, 2.24) is 25.0 Å². The minimum atomic E-state index is 0.603. The number of nitrogens with one attached hydrogen (secondary N) is 1. The third kappa shape index (κ3) is 4.58. The van der Waals surface area contributed by atoms with Crippen LogP contribution in [0.25, 0.3) is 0 Å². The van der Waals surface area contributed by atoms with Crippen LogP contribution in [0.2, 0.25) is 0 Å². The summed E-state index contributed by atoms with van der Waals surface area (Å²) in [6.07, 6.45) is 5.64. The zero-order valence-electron chi connectivity index (χ0n) is 12.5. The molecular weight excluding hydrogens is 238 g/mol. The standard InChI is InChI=1S/C14H27N5/c1-12(2)8-19-14(16-11-17-19)10-18(3)9-13-6-4-5-7-15-13/h11-13,15H,4-10H2,1-3H3. The molecule has 0 bridgehead atoms. The highest BCUT2D eigenvalue weighted by atomic mass is 15.3. The Morgan fingerprint density at radius 3 is 3.00 bits per heavy atom. The average Bonchev–Trinajstić information content (AvgIpc) is 2.77. The number of hydrogen-bond acceptors (Lipinski definition) is 4. The quantitative estimate of drug-likeness (QED) is 0.847. The molecule has 0 spiro atoms. The number of rotatable bonds is 6. The summed E-state index contributed by atoms with van der Waals surface area (Å²) < 4.78 is 2.04. The molecule has 19 heavy (non-hydrogen) atoms. The van der Waals surface area contributed by atoms with Gasteiger partial charge in [-0.25, -0.2) is 9.67 Å². The molecule has 5 heteroatoms. The van der Waals surface area contributed by atoms with Crippen molar-refractivity contribution in [2.45, 2.75) is 52.2 Å². The lowest BCUT2D eigenvalue weighted by Gasteiger charge is -2.28. The molecule has 108 valence electrons. The molecule has 1 N–H and O–H groups in total. The van der Waals surface area contributed by atoms with Crippen molar-refractivity contribution in [3.8, 4) is 0 Å². The van der Waals surface area contributed by atoms with Gasteiger partial charge >= 0.3 is 0 Å². The summed E-state index contributed by atoms with van der Waals surface area (Å²) in [7, 11) is 2.17. The fourth-order valence-electron chi connectivity index (χ4n) is 2.67. The molecule has 5 nitrogen and oxygen atoms in total. The van der Waals surface area contributed by atoms with Crippen LogP contribution < -0.4 is 5.32 Å². The molecule has 1 aromatic rings. The minimum absolute atomic E-state index is 0.603. The molecule has 1 aromatic heterocycles. The van der Waals surface area contributed by atoms with Gasteiger partial charge in [0.1, 0.15) is 12.2 Å². The van der Waals surface area contributed by atoms with E-state index in [0.717, 1.165) is 25.5 Å². The first-order chi connectivity index (χ1) is 9.15. The monoisotopic (exact) mass is 265 g/mol. The Labute approximate surface area is 116 Å². The van der Waals surface area contributed by atoms with Crippen LogP contribution in [0.4, 0.5) is 0 Å². The molecule has 1 aliphatic rings. The van der Waals surface area contributed by atoms with Crippen LogP contribution in [0.5, 0.6) is 0 Å². The first-order valence-corrected chi connectivity index (χ1v) is 7.43. The molecule has 2 heterocycles. The third-order valence-electron chi connectivity index (χ3n) is 3.59. The average molecular weight is 265 g/mol. The largest absolute Gasteiger partial charge is 0.313 e. The van der Waals surface area contributed by atoms with Gasteiger partial charge in [-0.1, -0.05) is 20.3 Å². The molecule has 0 saturated carbocycles. The van der Waals surface area contributed by atoms with Crippen molar-refractivity contribution in [1.29, 1.82) is 0 Å². The van der Waals surface area contributed by atoms with Crippen LogP contribution in [-0.4, -0.2) is 45.8 Å². The van der Waals surface area contributed by atoms with Crippen molar-refractivity contribution >= 4 is 0 Å². The highest BCUT2D eigenvalue weighted by molar-refractivity contribution is 4.86. The molecule has 0 radical (unpaired) electrons. The maximum atomic E-state index is 4.39. The van der Waals surface area contributed by atoms with Crippen LogP contribution in [0.15, 0.2) is 6.33 Å². The predicted octanol–water partition coefficient (Wildman–Crippen LogP) is 1.51. The van der Waals surface area contributed by atoms with E-state index in [9.17, 15) is 0 Å². The molecule has 0 aromatic carbocycles. The number of likely N-dealkylation sites (N-methyl/N-ethyl adjacent to an activating group) is 1. The van der Waals surface area contributed by atoms with Crippen LogP contribution in [-0.2, 0) is 13.1 Å². The normalized spacial score (nSPS) is 20.4. The summed E-state index contributed by atoms with van der Waals surface area (Å²) in [5.74, 6) is 1.68. The van der Waals surface area contributed by atoms with Gasteiger partial charge in [-0.2, -0.15) is 5.10 Å². The number of piperidine rings is 1. The first-order valence-electron chi connectivity index (χ1n) is 7.43. The Balaban J connectivity index is 1.84. The maximum absolute atomic E-state index is 4.39. The van der Waals surface area contributed by atoms with Crippen LogP contribution >= 0.6 is 0 Å². The van der Waals surface area contributed by atoms with Gasteiger partial charge in [0.05, 0.1) is 6.54 Å². The number of nitrogens with zero attached hydrogens (tertiary/aromatic N) is 4. The summed E-state index contributed by atoms with van der Waals surface area (Å²) in [6.45, 7) is 8.51. The molecule has 2 rings (SSSR count). The lowest BCUT2D eigenvalue weighted by atomic mass is 10.0. The van der Waals surface area contributed by atoms with Gasteiger partial charge in [0.25, 0.3) is 0 Å². The van der Waals surface area contributed by atoms with Crippen LogP contribution in [0.1, 0.15) is 38.9 Å². The molecule has 1 saturated heterocycles. The Hall–Kier alpha value is -0.940. The summed E-state index contributed by atoms with van der Waals surface area (Å²) in [6, 6.07) is 0.639. The van der Waals surface area contributed by atoms with E-state index in [1.54, 1.807) is 6.33 Å². The van der Waals surface area contributed by atoms with Gasteiger partial charge in [0, 0.05) is 19.1 Å². The topological polar surface area (TPSA) is 46.0 Å². The van der Waals surface area contributed by atoms with Gasteiger partial charge in [-0.3, -0.25) is 4.90 Å². The lowest BCUT2D eigenvalue weighted by molar-refractivity contribution is 0.247. The van der Waals surface area contributed by atoms with E-state index in [4.69, 9.17) is 0 Å². The predicted molar refractivity (Wildman–Crippen MR) is 76.8 cm³/mol. The molecule has 1 unspecified atom stereocenters. The van der Waals surface area contributed by atoms with E-state index in [2.05, 4.69) is 41.2 Å². The van der Waals surface area contributed by atoms with Gasteiger partial charge in [-0.05, 0) is 32.4 Å². The van der Waals surface area contributed by atoms with Gasteiger partial charge in [0.15, 0.2) is 0 Å². The molecular formula is C14H27N5. The van der Waals surface area contributed by atoms with Crippen molar-refractivity contribution in [2.24, 2.45) is 5.92 Å². The van der Waals surface area contributed by atoms with Gasteiger partial charge in [0.2, 0.25) is 0 Å². The van der Waals surface area contributed by atoms with E-state index in [-0.39, 0.29) is 0 Å². The van der Waals surface area contributed by atoms with E-state index >= 15 is 0 Å². The second kappa shape index (κ2) is 7.01. The zero-order chi connectivity index (χ0) is 13.7. The molecule has 1 atom stereocenters. The van der Waals surface area contributed by atoms with Crippen molar-refractivity contribution < 1.29 is 0 Å². The molecule has 0 aliphatic carbocycles. The van der Waals surface area contributed by atoms with Crippen molar-refractivity contribution in [2.75, 3.05) is 20.1 Å². The summed E-state index contributed by atoms with van der Waals surface area (Å²) >= 11 is 0. The highest BCUT2D eigenvalue weighted by Crippen LogP contribution is 2.09. The Kier molecular flexibility index (Phi) is 5.34. The SMILES string of the molecule is CC(C)Cn1ncnc1CN(C)CC1CCCCN1. The Morgan fingerprint density at radius 2 is 2.32 bits per heavy atom. The first kappa shape index (κ1) is 14.5. The Morgan fingerprint density at radius 1 is 1.47 bits per heavy atom. The smallest absolute Gasteiger partial charge is 0.141 e. The minimum Gasteiger partial charge on any atom is -0.313 e. The zero-order valence-corrected chi connectivity index (χ0v) is 12.5. The fraction of sp³-hybridized carbons (Fsp3) is 0.857. The second-order valence-corrected chi connectivity index (χ2v) is 6.10. The second-order valence-electron chi connectivity index (χ2n) is 6.10. The third-order valence-corrected chi connectivity index (χ3v) is 3.59. The van der Waals surface area contributed by atoms with E-state index in [1.165, 1.54) is 25.8 Å². The van der Waals surface area contributed by atoms with Gasteiger partial charge < -0.3 is 5.32 Å². The van der Waals surface area contributed by atoms with Crippen LogP contribution in [0, 0.1) is 5.92 Å². The molecule has 1 fully saturated rings. The van der Waals surface area contributed by atoms with E-state index in [0.29, 0.717) is 12.0 Å². The number of hydrogen-bond donors (Lipinski definition) is 1. The Bertz CT molecular complexity index is 368. The van der Waals surface area contributed by atoms with Gasteiger partial charge in [-0.15, -0.1) is 0 Å². The maximum Gasteiger partial charge on any atom is 0.141 e. The fourth-order valence-corrected chi connectivity index (χ4v) is 2.67. The van der Waals surface area contributed by atoms with Crippen molar-refractivity contribution in [3.63, 3.8) is 0 Å². The molecule has 0 amide bonds. The van der Waals surface area contributed by atoms with E-state index in [1.807, 2.05) is 4.68 Å². The molecule has 1 aliphatic heterocycles. The van der Waals surface area contributed by atoms with Crippen molar-refractivity contribution in [3.05, 3.63) is 12.2 Å². The van der Waals surface area contributed by atoms with E-state index < -0.39 is 0 Å². The lowest BCUT2D eigenvalue weighted by Crippen LogP contribution is -2.42. The number of aromatic nitrogens is 3. The van der Waals surface area contributed by atoms with Crippen LogP contribution in [0.3, 0.4) is 0 Å². The summed E-state index contributed by atoms with van der Waals surface area (Å²) in [5, 5.41) is 7.91. The highest BCUT2D eigenvalue weighted by Gasteiger charge is 2.16.